The van der Waals surface area contributed by atoms with Crippen LogP contribution in [-0.2, 0) is 4.79 Å². The normalized spacial score (nSPS) is 29.4. The third kappa shape index (κ3) is 3.91. The Morgan fingerprint density at radius 2 is 1.75 bits per heavy atom. The molecule has 2 aliphatic heterocycles. The summed E-state index contributed by atoms with van der Waals surface area (Å²) in [6, 6.07) is 7.57. The number of nitrogens with zero attached hydrogens (tertiary/aromatic N) is 5. The molecule has 3 aliphatic rings. The van der Waals surface area contributed by atoms with Crippen LogP contribution in [0.3, 0.4) is 0 Å². The highest BCUT2D eigenvalue weighted by Crippen LogP contribution is 2.33. The van der Waals surface area contributed by atoms with Crippen LogP contribution >= 0.6 is 11.6 Å². The van der Waals surface area contributed by atoms with Crippen LogP contribution in [0.25, 0.3) is 0 Å². The molecule has 2 fully saturated rings. The van der Waals surface area contributed by atoms with Crippen LogP contribution in [-0.4, -0.2) is 67.0 Å². The Balaban J connectivity index is 1.29. The standard InChI is InChI=1S/C20H26ClN5O2/c1-24-19(27)18(22-23-20(24)28)14-5-7-16(8-6-14)25-9-11-26(12-10-25)17-4-2-3-15(21)13-17/h2-4,13-14,16,18H,5-12H2,1H3. The number of likely N-dealkylation sites (N-methyl/N-ethyl adjacent to an activating group) is 1. The molecule has 1 atom stereocenters. The van der Waals surface area contributed by atoms with Gasteiger partial charge in [0.2, 0.25) is 0 Å². The van der Waals surface area contributed by atoms with E-state index in [2.05, 4.69) is 26.1 Å². The Morgan fingerprint density at radius 3 is 2.43 bits per heavy atom. The maximum absolute atomic E-state index is 12.3. The Morgan fingerprint density at radius 1 is 1.04 bits per heavy atom. The first-order valence-electron chi connectivity index (χ1n) is 10.00. The summed E-state index contributed by atoms with van der Waals surface area (Å²) in [7, 11) is 1.49. The highest BCUT2D eigenvalue weighted by molar-refractivity contribution is 6.30. The number of anilines is 1. The second-order valence-electron chi connectivity index (χ2n) is 7.91. The first-order valence-corrected chi connectivity index (χ1v) is 10.4. The molecule has 0 bridgehead atoms. The van der Waals surface area contributed by atoms with E-state index in [4.69, 9.17) is 11.6 Å². The van der Waals surface area contributed by atoms with E-state index in [9.17, 15) is 9.59 Å². The molecule has 1 aromatic rings. The van der Waals surface area contributed by atoms with Gasteiger partial charge in [-0.3, -0.25) is 14.6 Å². The monoisotopic (exact) mass is 403 g/mol. The van der Waals surface area contributed by atoms with Crippen molar-refractivity contribution in [3.63, 3.8) is 0 Å². The topological polar surface area (TPSA) is 68.6 Å². The zero-order valence-electron chi connectivity index (χ0n) is 16.1. The Hall–Kier alpha value is -1.99. The summed E-state index contributed by atoms with van der Waals surface area (Å²) < 4.78 is 0. The minimum Gasteiger partial charge on any atom is -0.369 e. The van der Waals surface area contributed by atoms with Crippen LogP contribution in [0, 0.1) is 5.92 Å². The predicted molar refractivity (Wildman–Crippen MR) is 108 cm³/mol. The highest BCUT2D eigenvalue weighted by Gasteiger charge is 2.39. The van der Waals surface area contributed by atoms with Gasteiger partial charge in [-0.1, -0.05) is 22.8 Å². The first-order chi connectivity index (χ1) is 13.5. The van der Waals surface area contributed by atoms with E-state index < -0.39 is 12.1 Å². The van der Waals surface area contributed by atoms with Crippen LogP contribution in [0.2, 0.25) is 5.02 Å². The summed E-state index contributed by atoms with van der Waals surface area (Å²) in [5.74, 6) is -0.0191. The van der Waals surface area contributed by atoms with E-state index >= 15 is 0 Å². The van der Waals surface area contributed by atoms with Gasteiger partial charge in [-0.25, -0.2) is 4.79 Å². The lowest BCUT2D eigenvalue weighted by Gasteiger charge is -2.43. The molecule has 28 heavy (non-hydrogen) atoms. The largest absolute Gasteiger partial charge is 0.369 e. The SMILES string of the molecule is CN1C(=O)N=NC(C2CCC(N3CCN(c4cccc(Cl)c4)CC3)CC2)C1=O. The molecule has 2 heterocycles. The lowest BCUT2D eigenvalue weighted by atomic mass is 9.80. The number of imide groups is 1. The van der Waals surface area contributed by atoms with Gasteiger partial charge in [0.15, 0.2) is 6.04 Å². The minimum atomic E-state index is -0.562. The second-order valence-corrected chi connectivity index (χ2v) is 8.35. The predicted octanol–water partition coefficient (Wildman–Crippen LogP) is 3.43. The van der Waals surface area contributed by atoms with Crippen molar-refractivity contribution in [1.82, 2.24) is 9.80 Å². The number of hydrogen-bond donors (Lipinski definition) is 0. The van der Waals surface area contributed by atoms with Crippen LogP contribution < -0.4 is 4.90 Å². The lowest BCUT2D eigenvalue weighted by molar-refractivity contribution is -0.131. The number of halogens is 1. The van der Waals surface area contributed by atoms with Gasteiger partial charge in [-0.05, 0) is 49.8 Å². The molecule has 0 N–H and O–H groups in total. The van der Waals surface area contributed by atoms with Gasteiger partial charge >= 0.3 is 6.03 Å². The van der Waals surface area contributed by atoms with Crippen molar-refractivity contribution in [2.24, 2.45) is 16.1 Å². The molecule has 0 aromatic heterocycles. The summed E-state index contributed by atoms with van der Waals surface area (Å²) in [4.78, 5) is 29.9. The second kappa shape index (κ2) is 8.17. The molecule has 0 spiro atoms. The minimum absolute atomic E-state index is 0.191. The molecule has 1 saturated carbocycles. The fraction of sp³-hybridized carbons (Fsp3) is 0.600. The molecule has 1 saturated heterocycles. The summed E-state index contributed by atoms with van der Waals surface area (Å²) in [6.45, 7) is 4.09. The summed E-state index contributed by atoms with van der Waals surface area (Å²) >= 11 is 6.12. The number of urea groups is 1. The van der Waals surface area contributed by atoms with Gasteiger partial charge in [0, 0.05) is 50.0 Å². The molecule has 1 aromatic carbocycles. The molecule has 3 amide bonds. The van der Waals surface area contributed by atoms with Gasteiger partial charge in [-0.2, -0.15) is 5.11 Å². The van der Waals surface area contributed by atoms with Gasteiger partial charge < -0.3 is 4.90 Å². The quantitative estimate of drug-likeness (QED) is 0.775. The first kappa shape index (κ1) is 19.3. The molecular formula is C20H26ClN5O2. The lowest BCUT2D eigenvalue weighted by Crippen LogP contribution is -2.52. The number of azo groups is 1. The fourth-order valence-corrected chi connectivity index (χ4v) is 4.80. The van der Waals surface area contributed by atoms with Gasteiger partial charge in [0.05, 0.1) is 0 Å². The molecule has 150 valence electrons. The number of carbonyl (C=O) groups excluding carboxylic acids is 2. The zero-order chi connectivity index (χ0) is 19.7. The molecule has 1 aliphatic carbocycles. The van der Waals surface area contributed by atoms with E-state index in [0.29, 0.717) is 6.04 Å². The molecule has 0 radical (unpaired) electrons. The number of carbonyl (C=O) groups is 2. The van der Waals surface area contributed by atoms with E-state index in [1.54, 1.807) is 0 Å². The molecule has 7 nitrogen and oxygen atoms in total. The average Bonchev–Trinajstić information content (AvgIpc) is 2.73. The third-order valence-electron chi connectivity index (χ3n) is 6.33. The Bertz CT molecular complexity index is 770. The van der Waals surface area contributed by atoms with Gasteiger partial charge in [0.1, 0.15) is 0 Å². The zero-order valence-corrected chi connectivity index (χ0v) is 16.9. The fourth-order valence-electron chi connectivity index (χ4n) is 4.62. The number of piperazine rings is 1. The van der Waals surface area contributed by atoms with E-state index in [0.717, 1.165) is 61.8 Å². The van der Waals surface area contributed by atoms with Crippen molar-refractivity contribution in [2.45, 2.75) is 37.8 Å². The average molecular weight is 404 g/mol. The summed E-state index contributed by atoms with van der Waals surface area (Å²) in [5, 5.41) is 8.42. The van der Waals surface area contributed by atoms with Crippen molar-refractivity contribution >= 4 is 29.2 Å². The van der Waals surface area contributed by atoms with Crippen LogP contribution in [0.15, 0.2) is 34.5 Å². The van der Waals surface area contributed by atoms with E-state index in [1.807, 2.05) is 18.2 Å². The highest BCUT2D eigenvalue weighted by atomic mass is 35.5. The number of amides is 3. The maximum Gasteiger partial charge on any atom is 0.368 e. The van der Waals surface area contributed by atoms with Gasteiger partial charge in [0.25, 0.3) is 5.91 Å². The van der Waals surface area contributed by atoms with E-state index in [1.165, 1.54) is 12.7 Å². The number of benzene rings is 1. The van der Waals surface area contributed by atoms with Crippen molar-refractivity contribution in [1.29, 1.82) is 0 Å². The van der Waals surface area contributed by atoms with E-state index in [-0.39, 0.29) is 11.8 Å². The van der Waals surface area contributed by atoms with Gasteiger partial charge in [-0.15, -0.1) is 0 Å². The summed E-state index contributed by atoms with van der Waals surface area (Å²) in [6.07, 6.45) is 4.05. The van der Waals surface area contributed by atoms with Crippen LogP contribution in [0.5, 0.6) is 0 Å². The summed E-state index contributed by atoms with van der Waals surface area (Å²) in [5.41, 5.74) is 1.19. The van der Waals surface area contributed by atoms with Crippen molar-refractivity contribution in [3.8, 4) is 0 Å². The Kier molecular flexibility index (Phi) is 5.64. The molecule has 8 heteroatoms. The van der Waals surface area contributed by atoms with Crippen molar-refractivity contribution in [2.75, 3.05) is 38.1 Å². The molecule has 1 unspecified atom stereocenters. The van der Waals surface area contributed by atoms with Crippen molar-refractivity contribution in [3.05, 3.63) is 29.3 Å². The number of hydrogen-bond acceptors (Lipinski definition) is 5. The molecular weight excluding hydrogens is 378 g/mol. The molecule has 4 rings (SSSR count). The van der Waals surface area contributed by atoms with Crippen LogP contribution in [0.1, 0.15) is 25.7 Å². The third-order valence-corrected chi connectivity index (χ3v) is 6.57. The maximum atomic E-state index is 12.3. The smallest absolute Gasteiger partial charge is 0.368 e. The number of rotatable bonds is 3. The van der Waals surface area contributed by atoms with Crippen LogP contribution in [0.4, 0.5) is 10.5 Å². The Labute approximate surface area is 170 Å². The van der Waals surface area contributed by atoms with Crippen molar-refractivity contribution < 1.29 is 9.59 Å².